The van der Waals surface area contributed by atoms with Crippen molar-refractivity contribution in [3.8, 4) is 5.75 Å². The fourth-order valence-electron chi connectivity index (χ4n) is 2.07. The maximum atomic E-state index is 12.3. The second kappa shape index (κ2) is 5.19. The van der Waals surface area contributed by atoms with Gasteiger partial charge >= 0.3 is 6.18 Å². The molecule has 0 fully saturated rings. The van der Waals surface area contributed by atoms with Gasteiger partial charge in [0.1, 0.15) is 11.3 Å². The van der Waals surface area contributed by atoms with Crippen LogP contribution in [0.5, 0.6) is 5.75 Å². The number of anilines is 1. The number of ether oxygens (including phenoxy) is 1. The fourth-order valence-corrected chi connectivity index (χ4v) is 2.07. The summed E-state index contributed by atoms with van der Waals surface area (Å²) in [6.45, 7) is 2.41. The zero-order valence-corrected chi connectivity index (χ0v) is 11.4. The first-order chi connectivity index (χ1) is 9.33. The normalized spacial score (nSPS) is 11.7. The number of aromatic nitrogens is 1. The monoisotopic (exact) mass is 284 g/mol. The Hall–Kier alpha value is -1.98. The molecule has 0 saturated carbocycles. The first-order valence-electron chi connectivity index (χ1n) is 6.10. The maximum Gasteiger partial charge on any atom is 0.422 e. The van der Waals surface area contributed by atoms with Crippen molar-refractivity contribution in [3.63, 3.8) is 0 Å². The van der Waals surface area contributed by atoms with E-state index in [-0.39, 0.29) is 5.75 Å². The predicted octanol–water partition coefficient (Wildman–Crippen LogP) is 3.83. The van der Waals surface area contributed by atoms with Gasteiger partial charge in [-0.1, -0.05) is 12.1 Å². The van der Waals surface area contributed by atoms with Crippen LogP contribution in [-0.4, -0.2) is 24.8 Å². The van der Waals surface area contributed by atoms with Crippen molar-refractivity contribution < 1.29 is 17.9 Å². The van der Waals surface area contributed by atoms with Gasteiger partial charge in [-0.15, -0.1) is 0 Å². The third-order valence-corrected chi connectivity index (χ3v) is 3.11. The molecule has 0 atom stereocenters. The molecule has 108 valence electrons. The van der Waals surface area contributed by atoms with Crippen LogP contribution >= 0.6 is 0 Å². The molecule has 0 amide bonds. The minimum Gasteiger partial charge on any atom is -0.482 e. The van der Waals surface area contributed by atoms with Crippen molar-refractivity contribution in [2.75, 3.05) is 19.0 Å². The molecule has 3 nitrogen and oxygen atoms in total. The summed E-state index contributed by atoms with van der Waals surface area (Å²) in [5.41, 5.74) is 3.01. The van der Waals surface area contributed by atoms with E-state index in [9.17, 15) is 13.2 Å². The molecular weight excluding hydrogens is 269 g/mol. The average molecular weight is 284 g/mol. The smallest absolute Gasteiger partial charge is 0.422 e. The van der Waals surface area contributed by atoms with Crippen LogP contribution in [0.15, 0.2) is 18.2 Å². The number of nitrogens with one attached hydrogen (secondary N) is 1. The lowest BCUT2D eigenvalue weighted by Crippen LogP contribution is -2.19. The highest BCUT2D eigenvalue weighted by atomic mass is 19.4. The van der Waals surface area contributed by atoms with Crippen LogP contribution in [0.4, 0.5) is 18.9 Å². The van der Waals surface area contributed by atoms with Crippen molar-refractivity contribution >= 4 is 16.6 Å². The summed E-state index contributed by atoms with van der Waals surface area (Å²) < 4.78 is 41.7. The second-order valence-electron chi connectivity index (χ2n) is 4.50. The number of hydrogen-bond donors (Lipinski definition) is 1. The number of halogens is 3. The van der Waals surface area contributed by atoms with Gasteiger partial charge in [0.05, 0.1) is 0 Å². The summed E-state index contributed by atoms with van der Waals surface area (Å²) >= 11 is 0. The molecule has 1 heterocycles. The molecule has 1 aromatic heterocycles. The average Bonchev–Trinajstić information content (AvgIpc) is 2.37. The molecule has 0 unspecified atom stereocenters. The van der Waals surface area contributed by atoms with Crippen LogP contribution in [0.3, 0.4) is 0 Å². The van der Waals surface area contributed by atoms with Gasteiger partial charge in [0.15, 0.2) is 6.61 Å². The van der Waals surface area contributed by atoms with Gasteiger partial charge in [-0.3, -0.25) is 0 Å². The Morgan fingerprint density at radius 1 is 1.25 bits per heavy atom. The third kappa shape index (κ3) is 2.79. The molecule has 2 rings (SSSR count). The van der Waals surface area contributed by atoms with E-state index >= 15 is 0 Å². The highest BCUT2D eigenvalue weighted by Gasteiger charge is 2.29. The molecule has 6 heteroatoms. The summed E-state index contributed by atoms with van der Waals surface area (Å²) in [7, 11) is 1.77. The Morgan fingerprint density at radius 3 is 2.55 bits per heavy atom. The first kappa shape index (κ1) is 14.4. The highest BCUT2D eigenvalue weighted by molar-refractivity contribution is 5.96. The molecule has 0 radical (unpaired) electrons. The lowest BCUT2D eigenvalue weighted by atomic mass is 10.1. The number of benzene rings is 1. The van der Waals surface area contributed by atoms with Crippen molar-refractivity contribution in [2.24, 2.45) is 0 Å². The molecule has 1 N–H and O–H groups in total. The second-order valence-corrected chi connectivity index (χ2v) is 4.50. The molecule has 0 aliphatic heterocycles. The van der Waals surface area contributed by atoms with Crippen LogP contribution in [0, 0.1) is 13.8 Å². The van der Waals surface area contributed by atoms with Gasteiger partial charge in [-0.25, -0.2) is 4.98 Å². The van der Waals surface area contributed by atoms with E-state index in [1.807, 2.05) is 13.8 Å². The minimum absolute atomic E-state index is 0.138. The number of para-hydroxylation sites is 1. The predicted molar refractivity (Wildman–Crippen MR) is 72.3 cm³/mol. The van der Waals surface area contributed by atoms with E-state index in [1.54, 1.807) is 19.2 Å². The number of nitrogens with zero attached hydrogens (tertiary/aromatic N) is 1. The van der Waals surface area contributed by atoms with Gasteiger partial charge in [0.2, 0.25) is 0 Å². The number of hydrogen-bond acceptors (Lipinski definition) is 3. The highest BCUT2D eigenvalue weighted by Crippen LogP contribution is 2.33. The van der Waals surface area contributed by atoms with Gasteiger partial charge < -0.3 is 10.1 Å². The molecule has 0 bridgehead atoms. The fraction of sp³-hybridized carbons (Fsp3) is 0.357. The summed E-state index contributed by atoms with van der Waals surface area (Å²) in [6.07, 6.45) is -4.37. The van der Waals surface area contributed by atoms with Crippen LogP contribution in [0.1, 0.15) is 11.3 Å². The molecule has 0 aliphatic rings. The van der Waals surface area contributed by atoms with Gasteiger partial charge in [0.25, 0.3) is 0 Å². The Balaban J connectivity index is 2.55. The summed E-state index contributed by atoms with van der Waals surface area (Å²) in [6, 6.07) is 4.96. The summed E-state index contributed by atoms with van der Waals surface area (Å²) in [5, 5.41) is 3.81. The molecule has 1 aromatic carbocycles. The number of alkyl halides is 3. The van der Waals surface area contributed by atoms with E-state index in [4.69, 9.17) is 4.74 Å². The Bertz CT molecular complexity index is 638. The summed E-state index contributed by atoms with van der Waals surface area (Å²) in [4.78, 5) is 4.35. The number of rotatable bonds is 3. The van der Waals surface area contributed by atoms with E-state index in [0.29, 0.717) is 5.52 Å². The standard InChI is InChI=1S/C14H15F3N2O/c1-8-9(2)19-13-10(12(8)18-3)5-4-6-11(13)20-7-14(15,16)17/h4-6H,7H2,1-3H3,(H,18,19). The minimum atomic E-state index is -4.37. The Kier molecular flexibility index (Phi) is 3.74. The zero-order chi connectivity index (χ0) is 14.9. The Labute approximate surface area is 114 Å². The number of pyridine rings is 1. The number of fused-ring (bicyclic) bond motifs is 1. The lowest BCUT2D eigenvalue weighted by molar-refractivity contribution is -0.153. The van der Waals surface area contributed by atoms with Crippen LogP contribution < -0.4 is 10.1 Å². The zero-order valence-electron chi connectivity index (χ0n) is 11.4. The maximum absolute atomic E-state index is 12.3. The molecule has 0 aliphatic carbocycles. The quantitative estimate of drug-likeness (QED) is 0.930. The molecule has 0 spiro atoms. The topological polar surface area (TPSA) is 34.2 Å². The first-order valence-corrected chi connectivity index (χ1v) is 6.10. The van der Waals surface area contributed by atoms with E-state index < -0.39 is 12.8 Å². The van der Waals surface area contributed by atoms with E-state index in [0.717, 1.165) is 22.3 Å². The largest absolute Gasteiger partial charge is 0.482 e. The molecular formula is C14H15F3N2O. The Morgan fingerprint density at radius 2 is 1.95 bits per heavy atom. The van der Waals surface area contributed by atoms with Gasteiger partial charge in [-0.05, 0) is 25.5 Å². The van der Waals surface area contributed by atoms with Crippen LogP contribution in [0.2, 0.25) is 0 Å². The third-order valence-electron chi connectivity index (χ3n) is 3.11. The van der Waals surface area contributed by atoms with Crippen molar-refractivity contribution in [3.05, 3.63) is 29.5 Å². The van der Waals surface area contributed by atoms with Crippen LogP contribution in [0.25, 0.3) is 10.9 Å². The number of aryl methyl sites for hydroxylation is 1. The van der Waals surface area contributed by atoms with E-state index in [1.165, 1.54) is 6.07 Å². The molecule has 20 heavy (non-hydrogen) atoms. The van der Waals surface area contributed by atoms with Gasteiger partial charge in [-0.2, -0.15) is 13.2 Å². The molecule has 0 saturated heterocycles. The van der Waals surface area contributed by atoms with Gasteiger partial charge in [0, 0.05) is 23.8 Å². The van der Waals surface area contributed by atoms with E-state index in [2.05, 4.69) is 10.3 Å². The molecule has 2 aromatic rings. The van der Waals surface area contributed by atoms with Crippen molar-refractivity contribution in [1.29, 1.82) is 0 Å². The lowest BCUT2D eigenvalue weighted by Gasteiger charge is -2.15. The van der Waals surface area contributed by atoms with Crippen molar-refractivity contribution in [1.82, 2.24) is 4.98 Å². The SMILES string of the molecule is CNc1c(C)c(C)nc2c(OCC(F)(F)F)cccc12. The van der Waals surface area contributed by atoms with Crippen LogP contribution in [-0.2, 0) is 0 Å². The van der Waals surface area contributed by atoms with Crippen molar-refractivity contribution in [2.45, 2.75) is 20.0 Å². The summed E-state index contributed by atoms with van der Waals surface area (Å²) in [5.74, 6) is 0.138.